The molecule has 1 aliphatic rings. The van der Waals surface area contributed by atoms with Crippen molar-refractivity contribution in [1.29, 1.82) is 0 Å². The first-order valence-electron chi connectivity index (χ1n) is 5.34. The number of ether oxygens (including phenoxy) is 1. The summed E-state index contributed by atoms with van der Waals surface area (Å²) in [5.74, 6) is 0.163. The Morgan fingerprint density at radius 3 is 2.68 bits per heavy atom. The molecule has 0 aliphatic carbocycles. The molecule has 6 N–H and O–H groups in total. The maximum absolute atomic E-state index is 9.90. The molecular formula is C9H13IN4O5. The van der Waals surface area contributed by atoms with E-state index in [1.807, 2.05) is 22.6 Å². The average molecular weight is 384 g/mol. The van der Waals surface area contributed by atoms with Crippen LogP contribution in [0.25, 0.3) is 0 Å². The fourth-order valence-electron chi connectivity index (χ4n) is 1.84. The second kappa shape index (κ2) is 5.58. The third-order valence-electron chi connectivity index (χ3n) is 2.83. The molecule has 0 bridgehead atoms. The van der Waals surface area contributed by atoms with Crippen LogP contribution < -0.4 is 11.4 Å². The van der Waals surface area contributed by atoms with Gasteiger partial charge in [0.2, 0.25) is 0 Å². The van der Waals surface area contributed by atoms with Crippen molar-refractivity contribution in [3.63, 3.8) is 0 Å². The summed E-state index contributed by atoms with van der Waals surface area (Å²) in [7, 11) is 0. The summed E-state index contributed by atoms with van der Waals surface area (Å²) in [6.45, 7) is -0.444. The molecule has 0 aromatic carbocycles. The van der Waals surface area contributed by atoms with Crippen molar-refractivity contribution in [2.45, 2.75) is 24.5 Å². The number of nitrogens with zero attached hydrogens (tertiary/aromatic N) is 3. The summed E-state index contributed by atoms with van der Waals surface area (Å²) >= 11 is 1.92. The summed E-state index contributed by atoms with van der Waals surface area (Å²) in [5.41, 5.74) is 5.41. The second-order valence-electron chi connectivity index (χ2n) is 4.01. The minimum atomic E-state index is -1.29. The van der Waals surface area contributed by atoms with Crippen molar-refractivity contribution in [3.05, 3.63) is 15.4 Å². The predicted octanol–water partition coefficient (Wildman–Crippen LogP) is -2.03. The smallest absolute Gasteiger partial charge is 0.270 e. The van der Waals surface area contributed by atoms with Crippen LogP contribution in [0.5, 0.6) is 0 Å². The lowest BCUT2D eigenvalue weighted by atomic mass is 10.1. The van der Waals surface area contributed by atoms with Gasteiger partial charge < -0.3 is 31.0 Å². The minimum Gasteiger partial charge on any atom is -0.408 e. The summed E-state index contributed by atoms with van der Waals surface area (Å²) in [4.78, 5) is 3.83. The molecule has 1 aliphatic heterocycles. The largest absolute Gasteiger partial charge is 0.408 e. The van der Waals surface area contributed by atoms with Crippen LogP contribution in [0.2, 0.25) is 0 Å². The SMILES string of the molecule is Nc1n/c(=N\O)n([C@@H]2O[C@H](CO)[C@@H](O)[C@H]2O)cc1I. The number of rotatable bonds is 2. The molecule has 2 heterocycles. The van der Waals surface area contributed by atoms with Gasteiger partial charge in [-0.2, -0.15) is 4.98 Å². The summed E-state index contributed by atoms with van der Waals surface area (Å²) in [6, 6.07) is 0. The molecule has 0 saturated carbocycles. The number of aromatic nitrogens is 2. The number of hydrogen-bond donors (Lipinski definition) is 5. The number of anilines is 1. The van der Waals surface area contributed by atoms with Crippen LogP contribution in [0.3, 0.4) is 0 Å². The number of aliphatic hydroxyl groups excluding tert-OH is 3. The van der Waals surface area contributed by atoms with Crippen molar-refractivity contribution < 1.29 is 25.3 Å². The van der Waals surface area contributed by atoms with E-state index < -0.39 is 31.1 Å². The highest BCUT2D eigenvalue weighted by molar-refractivity contribution is 14.1. The van der Waals surface area contributed by atoms with Crippen LogP contribution in [0.4, 0.5) is 5.82 Å². The van der Waals surface area contributed by atoms with E-state index in [0.29, 0.717) is 3.57 Å². The standard InChI is InChI=1S/C9H13IN4O5/c10-3-1-14(9(13-18)12-7(3)11)8-6(17)5(16)4(2-15)19-8/h1,4-6,8,15-18H,2H2,(H2,11,12,13)/t4-,5-,6-,8-/m1/s1. The number of nitrogen functional groups attached to an aromatic ring is 1. The summed E-state index contributed by atoms with van der Waals surface area (Å²) in [6.07, 6.45) is -3.01. The maximum atomic E-state index is 9.90. The topological polar surface area (TPSA) is 146 Å². The molecule has 1 saturated heterocycles. The number of aliphatic hydroxyl groups is 3. The highest BCUT2D eigenvalue weighted by atomic mass is 127. The third kappa shape index (κ3) is 2.53. The molecule has 9 nitrogen and oxygen atoms in total. The minimum absolute atomic E-state index is 0.163. The molecular weight excluding hydrogens is 371 g/mol. The molecule has 1 fully saturated rings. The molecule has 1 aromatic rings. The molecule has 0 unspecified atom stereocenters. The zero-order valence-electron chi connectivity index (χ0n) is 9.59. The van der Waals surface area contributed by atoms with Gasteiger partial charge in [-0.3, -0.25) is 4.57 Å². The van der Waals surface area contributed by atoms with Gasteiger partial charge in [0.05, 0.1) is 10.2 Å². The molecule has 0 radical (unpaired) electrons. The van der Waals surface area contributed by atoms with E-state index in [9.17, 15) is 10.2 Å². The van der Waals surface area contributed by atoms with E-state index >= 15 is 0 Å². The fraction of sp³-hybridized carbons (Fsp3) is 0.556. The van der Waals surface area contributed by atoms with Gasteiger partial charge >= 0.3 is 0 Å². The van der Waals surface area contributed by atoms with Crippen molar-refractivity contribution in [2.24, 2.45) is 5.16 Å². The Labute approximate surface area is 121 Å². The van der Waals surface area contributed by atoms with Crippen LogP contribution in [-0.2, 0) is 4.74 Å². The highest BCUT2D eigenvalue weighted by Gasteiger charge is 2.43. The van der Waals surface area contributed by atoms with Gasteiger partial charge in [-0.05, 0) is 27.7 Å². The zero-order valence-corrected chi connectivity index (χ0v) is 11.7. The first-order valence-corrected chi connectivity index (χ1v) is 6.42. The number of halogens is 1. The molecule has 2 rings (SSSR count). The van der Waals surface area contributed by atoms with Crippen molar-refractivity contribution in [2.75, 3.05) is 12.3 Å². The van der Waals surface area contributed by atoms with E-state index in [2.05, 4.69) is 10.1 Å². The third-order valence-corrected chi connectivity index (χ3v) is 3.66. The van der Waals surface area contributed by atoms with Crippen molar-refractivity contribution >= 4 is 28.4 Å². The quantitative estimate of drug-likeness (QED) is 0.225. The number of nitrogens with two attached hydrogens (primary N) is 1. The molecule has 1 aromatic heterocycles. The van der Waals surface area contributed by atoms with E-state index in [1.165, 1.54) is 10.8 Å². The predicted molar refractivity (Wildman–Crippen MR) is 69.7 cm³/mol. The van der Waals surface area contributed by atoms with Crippen molar-refractivity contribution in [3.8, 4) is 0 Å². The van der Waals surface area contributed by atoms with Gasteiger partial charge in [0.1, 0.15) is 24.1 Å². The average Bonchev–Trinajstić information content (AvgIpc) is 2.69. The van der Waals surface area contributed by atoms with E-state index in [0.717, 1.165) is 0 Å². The Morgan fingerprint density at radius 2 is 2.16 bits per heavy atom. The Hall–Kier alpha value is -0.950. The Kier molecular flexibility index (Phi) is 4.25. The summed E-state index contributed by atoms with van der Waals surface area (Å²) in [5, 5.41) is 40.5. The van der Waals surface area contributed by atoms with E-state index in [4.69, 9.17) is 20.8 Å². The molecule has 106 valence electrons. The zero-order chi connectivity index (χ0) is 14.2. The molecule has 0 spiro atoms. The lowest BCUT2D eigenvalue weighted by molar-refractivity contribution is -0.0561. The fourth-order valence-corrected chi connectivity index (χ4v) is 2.26. The Morgan fingerprint density at radius 1 is 1.47 bits per heavy atom. The molecule has 0 amide bonds. The molecule has 19 heavy (non-hydrogen) atoms. The van der Waals surface area contributed by atoms with E-state index in [-0.39, 0.29) is 11.4 Å². The second-order valence-corrected chi connectivity index (χ2v) is 5.17. The monoisotopic (exact) mass is 384 g/mol. The van der Waals surface area contributed by atoms with Crippen molar-refractivity contribution in [1.82, 2.24) is 9.55 Å². The van der Waals surface area contributed by atoms with Gasteiger partial charge in [-0.15, -0.1) is 0 Å². The lowest BCUT2D eigenvalue weighted by Gasteiger charge is -2.18. The van der Waals surface area contributed by atoms with Gasteiger partial charge in [0.25, 0.3) is 5.62 Å². The Bertz CT molecular complexity index is 536. The van der Waals surface area contributed by atoms with Crippen LogP contribution in [-0.4, -0.2) is 55.0 Å². The molecule has 10 heteroatoms. The first kappa shape index (κ1) is 14.5. The van der Waals surface area contributed by atoms with Crippen LogP contribution >= 0.6 is 22.6 Å². The Balaban J connectivity index is 2.46. The normalized spacial score (nSPS) is 31.9. The van der Waals surface area contributed by atoms with E-state index in [1.54, 1.807) is 0 Å². The number of hydrogen-bond acceptors (Lipinski definition) is 8. The van der Waals surface area contributed by atoms with Crippen LogP contribution in [0.15, 0.2) is 11.4 Å². The van der Waals surface area contributed by atoms with Gasteiger partial charge in [0, 0.05) is 6.20 Å². The highest BCUT2D eigenvalue weighted by Crippen LogP contribution is 2.28. The maximum Gasteiger partial charge on any atom is 0.270 e. The van der Waals surface area contributed by atoms with Gasteiger partial charge in [-0.25, -0.2) is 0 Å². The van der Waals surface area contributed by atoms with Crippen LogP contribution in [0.1, 0.15) is 6.23 Å². The molecule has 4 atom stereocenters. The first-order chi connectivity index (χ1) is 8.99. The summed E-state index contributed by atoms with van der Waals surface area (Å²) < 4.78 is 7.11. The van der Waals surface area contributed by atoms with Gasteiger partial charge in [-0.1, -0.05) is 0 Å². The van der Waals surface area contributed by atoms with Gasteiger partial charge in [0.15, 0.2) is 6.23 Å². The van der Waals surface area contributed by atoms with Crippen LogP contribution in [0, 0.1) is 3.57 Å². The lowest BCUT2D eigenvalue weighted by Crippen LogP contribution is -2.36.